The molecule has 1 saturated heterocycles. The van der Waals surface area contributed by atoms with Gasteiger partial charge in [0.1, 0.15) is 0 Å². The first-order valence-electron chi connectivity index (χ1n) is 6.47. The second kappa shape index (κ2) is 4.90. The number of hydrogen-bond donors (Lipinski definition) is 0. The van der Waals surface area contributed by atoms with E-state index in [-0.39, 0.29) is 0 Å². The fourth-order valence-electron chi connectivity index (χ4n) is 2.56. The van der Waals surface area contributed by atoms with Crippen LogP contribution < -0.4 is 0 Å². The molecule has 3 rings (SSSR count). The Bertz CT molecular complexity index is 506. The predicted molar refractivity (Wildman–Crippen MR) is 71.1 cm³/mol. The highest BCUT2D eigenvalue weighted by Gasteiger charge is 2.21. The maximum absolute atomic E-state index is 4.44. The van der Waals surface area contributed by atoms with Crippen LogP contribution in [0.25, 0.3) is 11.3 Å². The summed E-state index contributed by atoms with van der Waals surface area (Å²) in [7, 11) is 2.20. The van der Waals surface area contributed by atoms with Crippen LogP contribution in [-0.4, -0.2) is 39.3 Å². The smallest absolute Gasteiger partial charge is 0.0733 e. The normalized spacial score (nSPS) is 20.4. The van der Waals surface area contributed by atoms with Crippen molar-refractivity contribution in [2.24, 2.45) is 0 Å². The van der Waals surface area contributed by atoms with E-state index in [9.17, 15) is 0 Å². The van der Waals surface area contributed by atoms with Crippen LogP contribution in [0.3, 0.4) is 0 Å². The van der Waals surface area contributed by atoms with Crippen molar-refractivity contribution in [3.8, 4) is 11.3 Å². The summed E-state index contributed by atoms with van der Waals surface area (Å²) in [5.41, 5.74) is 2.08. The van der Waals surface area contributed by atoms with Crippen LogP contribution in [-0.2, 0) is 6.54 Å². The molecule has 0 radical (unpaired) electrons. The molecule has 0 saturated carbocycles. The molecule has 0 amide bonds. The summed E-state index contributed by atoms with van der Waals surface area (Å²) in [6, 6.07) is 6.58. The van der Waals surface area contributed by atoms with E-state index >= 15 is 0 Å². The number of likely N-dealkylation sites (N-methyl/N-ethyl adjacent to an activating group) is 1. The molecule has 3 heterocycles. The molecule has 0 aliphatic carbocycles. The van der Waals surface area contributed by atoms with Gasteiger partial charge in [-0.15, -0.1) is 0 Å². The topological polar surface area (TPSA) is 34.0 Å². The highest BCUT2D eigenvalue weighted by atomic mass is 15.3. The Morgan fingerprint density at radius 1 is 1.39 bits per heavy atom. The zero-order valence-corrected chi connectivity index (χ0v) is 10.7. The van der Waals surface area contributed by atoms with Gasteiger partial charge in [0, 0.05) is 24.0 Å². The van der Waals surface area contributed by atoms with Crippen molar-refractivity contribution >= 4 is 0 Å². The number of hydrogen-bond acceptors (Lipinski definition) is 3. The van der Waals surface area contributed by atoms with Crippen LogP contribution in [0.1, 0.15) is 12.8 Å². The second-order valence-electron chi connectivity index (χ2n) is 4.94. The Kier molecular flexibility index (Phi) is 3.11. The molecule has 4 nitrogen and oxygen atoms in total. The number of pyridine rings is 1. The van der Waals surface area contributed by atoms with Gasteiger partial charge in [0.15, 0.2) is 0 Å². The first-order chi connectivity index (χ1) is 8.83. The third-order valence-corrected chi connectivity index (χ3v) is 3.66. The molecule has 18 heavy (non-hydrogen) atoms. The van der Waals surface area contributed by atoms with E-state index < -0.39 is 0 Å². The molecule has 0 bridgehead atoms. The molecule has 94 valence electrons. The van der Waals surface area contributed by atoms with Crippen LogP contribution in [0, 0.1) is 0 Å². The van der Waals surface area contributed by atoms with Crippen molar-refractivity contribution in [2.45, 2.75) is 25.4 Å². The third kappa shape index (κ3) is 2.29. The monoisotopic (exact) mass is 242 g/mol. The summed E-state index contributed by atoms with van der Waals surface area (Å²) in [4.78, 5) is 6.76. The van der Waals surface area contributed by atoms with Crippen LogP contribution in [0.2, 0.25) is 0 Å². The molecule has 0 unspecified atom stereocenters. The lowest BCUT2D eigenvalue weighted by Crippen LogP contribution is -2.29. The first kappa shape index (κ1) is 11.4. The maximum atomic E-state index is 4.44. The molecular formula is C14H18N4. The highest BCUT2D eigenvalue weighted by Crippen LogP contribution is 2.19. The first-order valence-corrected chi connectivity index (χ1v) is 6.47. The molecule has 0 aromatic carbocycles. The van der Waals surface area contributed by atoms with Crippen molar-refractivity contribution in [1.29, 1.82) is 0 Å². The zero-order chi connectivity index (χ0) is 12.4. The average molecular weight is 242 g/mol. The summed E-state index contributed by atoms with van der Waals surface area (Å²) in [6.07, 6.45) is 8.38. The van der Waals surface area contributed by atoms with Gasteiger partial charge in [0.2, 0.25) is 0 Å². The van der Waals surface area contributed by atoms with Gasteiger partial charge >= 0.3 is 0 Å². The number of likely N-dealkylation sites (tertiary alicyclic amines) is 1. The van der Waals surface area contributed by atoms with Crippen molar-refractivity contribution in [3.05, 3.63) is 36.8 Å². The van der Waals surface area contributed by atoms with Crippen LogP contribution in [0.4, 0.5) is 0 Å². The van der Waals surface area contributed by atoms with Gasteiger partial charge in [-0.05, 0) is 38.6 Å². The van der Waals surface area contributed by atoms with Gasteiger partial charge < -0.3 is 4.90 Å². The third-order valence-electron chi connectivity index (χ3n) is 3.66. The Hall–Kier alpha value is -1.68. The summed E-state index contributed by atoms with van der Waals surface area (Å²) >= 11 is 0. The van der Waals surface area contributed by atoms with E-state index in [4.69, 9.17) is 0 Å². The Morgan fingerprint density at radius 2 is 2.33 bits per heavy atom. The van der Waals surface area contributed by atoms with Crippen molar-refractivity contribution in [1.82, 2.24) is 19.7 Å². The average Bonchev–Trinajstić information content (AvgIpc) is 3.02. The van der Waals surface area contributed by atoms with Gasteiger partial charge in [-0.3, -0.25) is 9.67 Å². The fourth-order valence-corrected chi connectivity index (χ4v) is 2.56. The summed E-state index contributed by atoms with van der Waals surface area (Å²) < 4.78 is 2.04. The van der Waals surface area contributed by atoms with Gasteiger partial charge in [0.05, 0.1) is 18.4 Å². The molecule has 0 spiro atoms. The number of rotatable bonds is 3. The zero-order valence-electron chi connectivity index (χ0n) is 10.7. The van der Waals surface area contributed by atoms with Crippen LogP contribution in [0.15, 0.2) is 36.8 Å². The molecule has 1 atom stereocenters. The number of nitrogens with zero attached hydrogens (tertiary/aromatic N) is 4. The number of aromatic nitrogens is 3. The molecule has 2 aromatic rings. The van der Waals surface area contributed by atoms with Crippen molar-refractivity contribution < 1.29 is 0 Å². The predicted octanol–water partition coefficient (Wildman–Crippen LogP) is 2.04. The Morgan fingerprint density at radius 3 is 3.06 bits per heavy atom. The van der Waals surface area contributed by atoms with Gasteiger partial charge in [-0.25, -0.2) is 0 Å². The van der Waals surface area contributed by atoms with Crippen molar-refractivity contribution in [3.63, 3.8) is 0 Å². The minimum absolute atomic E-state index is 0.626. The summed E-state index contributed by atoms with van der Waals surface area (Å²) in [5.74, 6) is 0. The highest BCUT2D eigenvalue weighted by molar-refractivity contribution is 5.56. The lowest BCUT2D eigenvalue weighted by molar-refractivity contribution is 0.274. The van der Waals surface area contributed by atoms with Gasteiger partial charge in [0.25, 0.3) is 0 Å². The van der Waals surface area contributed by atoms with Crippen LogP contribution >= 0.6 is 0 Å². The maximum Gasteiger partial charge on any atom is 0.0733 e. The molecule has 0 N–H and O–H groups in total. The quantitative estimate of drug-likeness (QED) is 0.826. The van der Waals surface area contributed by atoms with E-state index in [0.29, 0.717) is 6.04 Å². The van der Waals surface area contributed by atoms with E-state index in [1.807, 2.05) is 35.3 Å². The van der Waals surface area contributed by atoms with Gasteiger partial charge in [-0.1, -0.05) is 6.07 Å². The molecule has 1 aliphatic heterocycles. The minimum Gasteiger partial charge on any atom is -0.302 e. The van der Waals surface area contributed by atoms with E-state index in [1.54, 1.807) is 0 Å². The largest absolute Gasteiger partial charge is 0.302 e. The lowest BCUT2D eigenvalue weighted by atomic mass is 10.2. The van der Waals surface area contributed by atoms with E-state index in [0.717, 1.165) is 17.8 Å². The fraction of sp³-hybridized carbons (Fsp3) is 0.429. The molecule has 2 aromatic heterocycles. The van der Waals surface area contributed by atoms with Crippen LogP contribution in [0.5, 0.6) is 0 Å². The standard InChI is InChI=1S/C14H18N4/c1-17-8-4-5-13(17)11-18-10-12(9-16-18)14-6-2-3-7-15-14/h2-3,6-7,9-10,13H,4-5,8,11H2,1H3/t13-/m0/s1. The van der Waals surface area contributed by atoms with Crippen molar-refractivity contribution in [2.75, 3.05) is 13.6 Å². The SMILES string of the molecule is CN1CCC[C@H]1Cn1cc(-c2ccccn2)cn1. The molecule has 4 heteroatoms. The summed E-state index contributed by atoms with van der Waals surface area (Å²) in [5, 5.41) is 4.44. The molecular weight excluding hydrogens is 224 g/mol. The summed E-state index contributed by atoms with van der Waals surface area (Å²) in [6.45, 7) is 2.18. The minimum atomic E-state index is 0.626. The second-order valence-corrected chi connectivity index (χ2v) is 4.94. The Labute approximate surface area is 107 Å². The molecule has 1 fully saturated rings. The lowest BCUT2D eigenvalue weighted by Gasteiger charge is -2.18. The van der Waals surface area contributed by atoms with Gasteiger partial charge in [-0.2, -0.15) is 5.10 Å². The van der Waals surface area contributed by atoms with E-state index in [2.05, 4.69) is 28.2 Å². The molecule has 1 aliphatic rings. The van der Waals surface area contributed by atoms with E-state index in [1.165, 1.54) is 19.4 Å². The Balaban J connectivity index is 1.74.